The molecule has 0 spiro atoms. The van der Waals surface area contributed by atoms with Gasteiger partial charge in [-0.25, -0.2) is 13.1 Å². The van der Waals surface area contributed by atoms with E-state index in [0.717, 1.165) is 32.2 Å². The van der Waals surface area contributed by atoms with Crippen molar-refractivity contribution in [2.75, 3.05) is 13.1 Å². The molecule has 5 heteroatoms. The maximum absolute atomic E-state index is 12.0. The lowest BCUT2D eigenvalue weighted by Crippen LogP contribution is -2.39. The molecular weight excluding hydrogens is 260 g/mol. The number of nitrogens with one attached hydrogen (secondary N) is 2. The van der Waals surface area contributed by atoms with E-state index in [1.54, 1.807) is 0 Å². The van der Waals surface area contributed by atoms with Gasteiger partial charge in [-0.3, -0.25) is 0 Å². The van der Waals surface area contributed by atoms with Gasteiger partial charge in [-0.2, -0.15) is 0 Å². The summed E-state index contributed by atoms with van der Waals surface area (Å²) in [6.07, 6.45) is 11.6. The van der Waals surface area contributed by atoms with Crippen LogP contribution in [-0.2, 0) is 10.0 Å². The van der Waals surface area contributed by atoms with E-state index in [9.17, 15) is 8.42 Å². The van der Waals surface area contributed by atoms with E-state index >= 15 is 0 Å². The van der Waals surface area contributed by atoms with Gasteiger partial charge in [0.05, 0.1) is 5.25 Å². The minimum atomic E-state index is -3.06. The highest BCUT2D eigenvalue weighted by Crippen LogP contribution is 2.23. The van der Waals surface area contributed by atoms with Crippen molar-refractivity contribution in [2.24, 2.45) is 0 Å². The van der Waals surface area contributed by atoms with E-state index in [-0.39, 0.29) is 5.25 Å². The molecule has 0 aromatic carbocycles. The van der Waals surface area contributed by atoms with E-state index < -0.39 is 10.0 Å². The fourth-order valence-electron chi connectivity index (χ4n) is 3.27. The minimum absolute atomic E-state index is 0.134. The first-order chi connectivity index (χ1) is 9.18. The van der Waals surface area contributed by atoms with Crippen molar-refractivity contribution in [3.63, 3.8) is 0 Å². The summed E-state index contributed by atoms with van der Waals surface area (Å²) in [7, 11) is -3.06. The lowest BCUT2D eigenvalue weighted by Gasteiger charge is -2.17. The second kappa shape index (κ2) is 7.60. The highest BCUT2D eigenvalue weighted by atomic mass is 32.2. The zero-order valence-corrected chi connectivity index (χ0v) is 12.7. The highest BCUT2D eigenvalue weighted by molar-refractivity contribution is 7.90. The molecule has 2 fully saturated rings. The van der Waals surface area contributed by atoms with Gasteiger partial charge in [0.15, 0.2) is 0 Å². The van der Waals surface area contributed by atoms with Crippen LogP contribution in [0.4, 0.5) is 0 Å². The Morgan fingerprint density at radius 2 is 1.37 bits per heavy atom. The Bertz CT molecular complexity index is 342. The molecule has 0 aliphatic heterocycles. The summed E-state index contributed by atoms with van der Waals surface area (Å²) in [5, 5.41) is 3.36. The molecule has 2 aliphatic carbocycles. The summed E-state index contributed by atoms with van der Waals surface area (Å²) in [6, 6.07) is 0.596. The number of hydrogen-bond acceptors (Lipinski definition) is 3. The van der Waals surface area contributed by atoms with Gasteiger partial charge in [0, 0.05) is 19.1 Å². The quantitative estimate of drug-likeness (QED) is 0.582. The zero-order valence-electron chi connectivity index (χ0n) is 11.9. The third-order valence-electron chi connectivity index (χ3n) is 4.46. The monoisotopic (exact) mass is 288 g/mol. The highest BCUT2D eigenvalue weighted by Gasteiger charge is 2.27. The van der Waals surface area contributed by atoms with E-state index in [1.807, 2.05) is 0 Å². The van der Waals surface area contributed by atoms with Gasteiger partial charge in [-0.1, -0.05) is 38.5 Å². The molecule has 0 unspecified atom stereocenters. The number of sulfonamides is 1. The predicted octanol–water partition coefficient (Wildman–Crippen LogP) is 2.16. The van der Waals surface area contributed by atoms with Crippen LogP contribution in [0.1, 0.15) is 64.2 Å². The maximum atomic E-state index is 12.0. The predicted molar refractivity (Wildman–Crippen MR) is 78.7 cm³/mol. The van der Waals surface area contributed by atoms with E-state index in [0.29, 0.717) is 12.6 Å². The van der Waals surface area contributed by atoms with Crippen LogP contribution in [0.25, 0.3) is 0 Å². The normalized spacial score (nSPS) is 23.6. The molecule has 2 aliphatic rings. The van der Waals surface area contributed by atoms with Crippen LogP contribution in [0, 0.1) is 0 Å². The molecule has 0 atom stereocenters. The number of rotatable bonds is 6. The summed E-state index contributed by atoms with van der Waals surface area (Å²) in [6.45, 7) is 1.30. The molecule has 0 aromatic heterocycles. The minimum Gasteiger partial charge on any atom is -0.313 e. The van der Waals surface area contributed by atoms with Crippen LogP contribution < -0.4 is 10.0 Å². The summed E-state index contributed by atoms with van der Waals surface area (Å²) < 4.78 is 26.8. The molecular formula is C14H28N2O2S. The third kappa shape index (κ3) is 5.04. The van der Waals surface area contributed by atoms with Crippen LogP contribution in [0.2, 0.25) is 0 Å². The summed E-state index contributed by atoms with van der Waals surface area (Å²) >= 11 is 0. The van der Waals surface area contributed by atoms with Crippen molar-refractivity contribution in [1.29, 1.82) is 0 Å². The van der Waals surface area contributed by atoms with Gasteiger partial charge < -0.3 is 5.32 Å². The fourth-order valence-corrected chi connectivity index (χ4v) is 4.85. The Kier molecular flexibility index (Phi) is 6.10. The van der Waals surface area contributed by atoms with Gasteiger partial charge in [-0.15, -0.1) is 0 Å². The van der Waals surface area contributed by atoms with Crippen LogP contribution >= 0.6 is 0 Å². The zero-order chi connectivity index (χ0) is 13.6. The molecule has 0 heterocycles. The first kappa shape index (κ1) is 15.3. The van der Waals surface area contributed by atoms with Crippen molar-refractivity contribution < 1.29 is 8.42 Å². The third-order valence-corrected chi connectivity index (χ3v) is 6.41. The van der Waals surface area contributed by atoms with Gasteiger partial charge in [0.2, 0.25) is 10.0 Å². The molecule has 2 rings (SSSR count). The number of hydrogen-bond donors (Lipinski definition) is 2. The van der Waals surface area contributed by atoms with Crippen molar-refractivity contribution in [1.82, 2.24) is 10.0 Å². The van der Waals surface area contributed by atoms with Gasteiger partial charge in [0.1, 0.15) is 0 Å². The van der Waals surface area contributed by atoms with Crippen molar-refractivity contribution >= 4 is 10.0 Å². The summed E-state index contributed by atoms with van der Waals surface area (Å²) in [5.41, 5.74) is 0. The average Bonchev–Trinajstić information content (AvgIpc) is 2.81. The van der Waals surface area contributed by atoms with E-state index in [4.69, 9.17) is 0 Å². The molecule has 2 N–H and O–H groups in total. The second-order valence-electron chi connectivity index (χ2n) is 5.99. The Morgan fingerprint density at radius 3 is 2.00 bits per heavy atom. The lowest BCUT2D eigenvalue weighted by molar-refractivity contribution is 0.460. The summed E-state index contributed by atoms with van der Waals surface area (Å²) in [4.78, 5) is 0. The van der Waals surface area contributed by atoms with Crippen LogP contribution in [-0.4, -0.2) is 32.8 Å². The van der Waals surface area contributed by atoms with Crippen molar-refractivity contribution in [2.45, 2.75) is 75.5 Å². The van der Waals surface area contributed by atoms with Gasteiger partial charge in [0.25, 0.3) is 0 Å². The largest absolute Gasteiger partial charge is 0.313 e. The fraction of sp³-hybridized carbons (Fsp3) is 1.00. The smallest absolute Gasteiger partial charge is 0.214 e. The Labute approximate surface area is 117 Å². The molecule has 2 saturated carbocycles. The molecule has 0 radical (unpaired) electrons. The topological polar surface area (TPSA) is 58.2 Å². The first-order valence-corrected chi connectivity index (χ1v) is 9.45. The molecule has 0 bridgehead atoms. The molecule has 19 heavy (non-hydrogen) atoms. The summed E-state index contributed by atoms with van der Waals surface area (Å²) in [5.74, 6) is 0. The SMILES string of the molecule is O=S(=O)(NCCNC1CCCCCC1)C1CCCC1. The first-order valence-electron chi connectivity index (χ1n) is 7.90. The molecule has 112 valence electrons. The van der Waals surface area contributed by atoms with E-state index in [1.165, 1.54) is 38.5 Å². The molecule has 0 saturated heterocycles. The standard InChI is InChI=1S/C14H28N2O2S/c17-19(18,14-9-5-6-10-14)16-12-11-15-13-7-3-1-2-4-8-13/h13-16H,1-12H2. The molecule has 0 amide bonds. The van der Waals surface area contributed by atoms with Gasteiger partial charge >= 0.3 is 0 Å². The average molecular weight is 288 g/mol. The van der Waals surface area contributed by atoms with Crippen LogP contribution in [0.3, 0.4) is 0 Å². The van der Waals surface area contributed by atoms with Crippen molar-refractivity contribution in [3.05, 3.63) is 0 Å². The van der Waals surface area contributed by atoms with Crippen LogP contribution in [0.15, 0.2) is 0 Å². The van der Waals surface area contributed by atoms with Crippen LogP contribution in [0.5, 0.6) is 0 Å². The second-order valence-corrected chi connectivity index (χ2v) is 8.03. The van der Waals surface area contributed by atoms with Gasteiger partial charge in [-0.05, 0) is 25.7 Å². The molecule has 4 nitrogen and oxygen atoms in total. The molecule has 0 aromatic rings. The maximum Gasteiger partial charge on any atom is 0.214 e. The Balaban J connectivity index is 1.62. The Hall–Kier alpha value is -0.130. The van der Waals surface area contributed by atoms with E-state index in [2.05, 4.69) is 10.0 Å². The Morgan fingerprint density at radius 1 is 0.789 bits per heavy atom. The lowest BCUT2D eigenvalue weighted by atomic mass is 10.1. The van der Waals surface area contributed by atoms with Crippen molar-refractivity contribution in [3.8, 4) is 0 Å².